The first kappa shape index (κ1) is 18.7. The average Bonchev–Trinajstić information content (AvgIpc) is 2.41. The molecule has 2 N–H and O–H groups in total. The maximum atomic E-state index is 11.8. The zero-order valence-corrected chi connectivity index (χ0v) is 14.5. The Kier molecular flexibility index (Phi) is 8.59. The molecule has 0 aliphatic carbocycles. The average molecular weight is 353 g/mol. The molecule has 0 aliphatic heterocycles. The highest BCUT2D eigenvalue weighted by molar-refractivity contribution is 7.89. The summed E-state index contributed by atoms with van der Waals surface area (Å²) in [6, 6.07) is 5.22. The van der Waals surface area contributed by atoms with E-state index in [9.17, 15) is 8.42 Å². The molecule has 0 bridgehead atoms. The van der Waals surface area contributed by atoms with Crippen LogP contribution in [-0.2, 0) is 16.4 Å². The highest BCUT2D eigenvalue weighted by atomic mass is 35.5. The third-order valence-electron chi connectivity index (χ3n) is 2.92. The topological polar surface area (TPSA) is 58.2 Å². The van der Waals surface area contributed by atoms with Crippen LogP contribution in [0.15, 0.2) is 18.2 Å². The number of halogens is 2. The van der Waals surface area contributed by atoms with Gasteiger partial charge in [0.05, 0.1) is 5.75 Å². The molecule has 4 nitrogen and oxygen atoms in total. The monoisotopic (exact) mass is 352 g/mol. The molecule has 1 aromatic carbocycles. The summed E-state index contributed by atoms with van der Waals surface area (Å²) < 4.78 is 26.2. The molecule has 7 heteroatoms. The molecule has 120 valence electrons. The van der Waals surface area contributed by atoms with Crippen LogP contribution in [-0.4, -0.2) is 33.8 Å². The van der Waals surface area contributed by atoms with Crippen LogP contribution in [0.3, 0.4) is 0 Å². The molecule has 0 amide bonds. The number of hydrogen-bond acceptors (Lipinski definition) is 3. The fraction of sp³-hybridized carbons (Fsp3) is 0.571. The smallest absolute Gasteiger partial charge is 0.211 e. The van der Waals surface area contributed by atoms with Crippen molar-refractivity contribution >= 4 is 33.2 Å². The summed E-state index contributed by atoms with van der Waals surface area (Å²) in [6.07, 6.45) is 2.20. The van der Waals surface area contributed by atoms with E-state index in [2.05, 4.69) is 17.0 Å². The van der Waals surface area contributed by atoms with Crippen LogP contribution in [0, 0.1) is 0 Å². The van der Waals surface area contributed by atoms with Gasteiger partial charge in [-0.3, -0.25) is 0 Å². The molecular weight excluding hydrogens is 331 g/mol. The molecule has 0 spiro atoms. The Morgan fingerprint density at radius 1 is 1.14 bits per heavy atom. The summed E-state index contributed by atoms with van der Waals surface area (Å²) in [6.45, 7) is 4.06. The summed E-state index contributed by atoms with van der Waals surface area (Å²) in [5, 5.41) is 4.31. The van der Waals surface area contributed by atoms with Crippen molar-refractivity contribution in [2.24, 2.45) is 0 Å². The van der Waals surface area contributed by atoms with Gasteiger partial charge in [0.1, 0.15) is 0 Å². The van der Waals surface area contributed by atoms with Crippen molar-refractivity contribution in [1.82, 2.24) is 10.0 Å². The Bertz CT molecular complexity index is 536. The van der Waals surface area contributed by atoms with Gasteiger partial charge in [0.15, 0.2) is 0 Å². The van der Waals surface area contributed by atoms with Gasteiger partial charge in [-0.05, 0) is 50.0 Å². The fourth-order valence-electron chi connectivity index (χ4n) is 1.83. The summed E-state index contributed by atoms with van der Waals surface area (Å²) in [4.78, 5) is 0. The first-order valence-electron chi connectivity index (χ1n) is 7.06. The second-order valence-electron chi connectivity index (χ2n) is 4.80. The summed E-state index contributed by atoms with van der Waals surface area (Å²) >= 11 is 11.9. The number of benzene rings is 1. The molecule has 1 rings (SSSR count). The van der Waals surface area contributed by atoms with E-state index < -0.39 is 10.0 Å². The molecule has 0 fully saturated rings. The van der Waals surface area contributed by atoms with Crippen LogP contribution < -0.4 is 10.0 Å². The highest BCUT2D eigenvalue weighted by Crippen LogP contribution is 2.21. The maximum absolute atomic E-state index is 11.8. The molecule has 21 heavy (non-hydrogen) atoms. The normalized spacial score (nSPS) is 11.8. The van der Waals surface area contributed by atoms with E-state index in [4.69, 9.17) is 23.2 Å². The number of sulfonamides is 1. The SMILES string of the molecule is CCCNCCCS(=O)(=O)NCCc1ccc(Cl)cc1Cl. The van der Waals surface area contributed by atoms with Crippen molar-refractivity contribution in [1.29, 1.82) is 0 Å². The van der Waals surface area contributed by atoms with Crippen molar-refractivity contribution in [2.75, 3.05) is 25.4 Å². The lowest BCUT2D eigenvalue weighted by atomic mass is 10.1. The maximum Gasteiger partial charge on any atom is 0.211 e. The summed E-state index contributed by atoms with van der Waals surface area (Å²) in [5.41, 5.74) is 0.883. The second-order valence-corrected chi connectivity index (χ2v) is 7.57. The molecule has 0 aliphatic rings. The highest BCUT2D eigenvalue weighted by Gasteiger charge is 2.09. The third kappa shape index (κ3) is 8.02. The standard InChI is InChI=1S/C14H22Cl2N2O2S/c1-2-7-17-8-3-10-21(19,20)18-9-6-12-4-5-13(15)11-14(12)16/h4-5,11,17-18H,2-3,6-10H2,1H3. The molecule has 1 aromatic rings. The lowest BCUT2D eigenvalue weighted by Gasteiger charge is -2.08. The number of hydrogen-bond donors (Lipinski definition) is 2. The number of nitrogens with one attached hydrogen (secondary N) is 2. The van der Waals surface area contributed by atoms with Crippen molar-refractivity contribution in [3.05, 3.63) is 33.8 Å². The van der Waals surface area contributed by atoms with Gasteiger partial charge >= 0.3 is 0 Å². The van der Waals surface area contributed by atoms with E-state index in [1.165, 1.54) is 0 Å². The van der Waals surface area contributed by atoms with Crippen molar-refractivity contribution in [2.45, 2.75) is 26.2 Å². The molecule has 0 saturated carbocycles. The quantitative estimate of drug-likeness (QED) is 0.636. The number of rotatable bonds is 10. The van der Waals surface area contributed by atoms with E-state index in [0.717, 1.165) is 25.1 Å². The van der Waals surface area contributed by atoms with E-state index >= 15 is 0 Å². The van der Waals surface area contributed by atoms with E-state index in [0.29, 0.717) is 29.4 Å². The van der Waals surface area contributed by atoms with Gasteiger partial charge in [0, 0.05) is 16.6 Å². The van der Waals surface area contributed by atoms with Gasteiger partial charge in [-0.2, -0.15) is 0 Å². The fourth-order valence-corrected chi connectivity index (χ4v) is 3.41. The van der Waals surface area contributed by atoms with Crippen LogP contribution >= 0.6 is 23.2 Å². The van der Waals surface area contributed by atoms with Crippen molar-refractivity contribution < 1.29 is 8.42 Å². The minimum Gasteiger partial charge on any atom is -0.317 e. The van der Waals surface area contributed by atoms with Crippen molar-refractivity contribution in [3.63, 3.8) is 0 Å². The molecule has 0 atom stereocenters. The molecule has 0 aromatic heterocycles. The Balaban J connectivity index is 2.30. The Morgan fingerprint density at radius 2 is 1.90 bits per heavy atom. The van der Waals surface area contributed by atoms with Crippen LogP contribution in [0.25, 0.3) is 0 Å². The van der Waals surface area contributed by atoms with Crippen LogP contribution in [0.5, 0.6) is 0 Å². The van der Waals surface area contributed by atoms with Gasteiger partial charge in [-0.25, -0.2) is 13.1 Å². The van der Waals surface area contributed by atoms with Crippen LogP contribution in [0.2, 0.25) is 10.0 Å². The Labute approximate surface area is 137 Å². The summed E-state index contributed by atoms with van der Waals surface area (Å²) in [7, 11) is -3.22. The van der Waals surface area contributed by atoms with E-state index in [1.807, 2.05) is 6.07 Å². The van der Waals surface area contributed by atoms with Gasteiger partial charge < -0.3 is 5.32 Å². The van der Waals surface area contributed by atoms with Crippen LogP contribution in [0.4, 0.5) is 0 Å². The van der Waals surface area contributed by atoms with Gasteiger partial charge in [0.25, 0.3) is 0 Å². The second kappa shape index (κ2) is 9.64. The zero-order valence-electron chi connectivity index (χ0n) is 12.2. The largest absolute Gasteiger partial charge is 0.317 e. The molecule has 0 radical (unpaired) electrons. The van der Waals surface area contributed by atoms with Crippen molar-refractivity contribution in [3.8, 4) is 0 Å². The Hall–Kier alpha value is -0.330. The van der Waals surface area contributed by atoms with Gasteiger partial charge in [0.2, 0.25) is 10.0 Å². The first-order chi connectivity index (χ1) is 9.94. The van der Waals surface area contributed by atoms with Crippen LogP contribution in [0.1, 0.15) is 25.3 Å². The van der Waals surface area contributed by atoms with E-state index in [-0.39, 0.29) is 5.75 Å². The first-order valence-corrected chi connectivity index (χ1v) is 9.47. The van der Waals surface area contributed by atoms with E-state index in [1.54, 1.807) is 12.1 Å². The summed E-state index contributed by atoms with van der Waals surface area (Å²) in [5.74, 6) is 0.137. The minimum atomic E-state index is -3.22. The molecular formula is C14H22Cl2N2O2S. The predicted octanol–water partition coefficient (Wildman–Crippen LogP) is 2.85. The minimum absolute atomic E-state index is 0.137. The zero-order chi connectivity index (χ0) is 15.7. The van der Waals surface area contributed by atoms with Gasteiger partial charge in [-0.1, -0.05) is 36.2 Å². The predicted molar refractivity (Wildman–Crippen MR) is 89.7 cm³/mol. The molecule has 0 unspecified atom stereocenters. The van der Waals surface area contributed by atoms with Gasteiger partial charge in [-0.15, -0.1) is 0 Å². The third-order valence-corrected chi connectivity index (χ3v) is 4.98. The molecule has 0 heterocycles. The lowest BCUT2D eigenvalue weighted by molar-refractivity contribution is 0.574. The lowest BCUT2D eigenvalue weighted by Crippen LogP contribution is -2.30. The Morgan fingerprint density at radius 3 is 2.57 bits per heavy atom. The molecule has 0 saturated heterocycles.